The molecule has 2 aromatic rings. The number of hydrogen-bond donors (Lipinski definition) is 1. The number of nitrogens with one attached hydrogen (secondary N) is 1. The molecular formula is C34H47ClN4O5S. The molecule has 1 aliphatic carbocycles. The lowest BCUT2D eigenvalue weighted by Gasteiger charge is -2.44. The second kappa shape index (κ2) is 14.0. The summed E-state index contributed by atoms with van der Waals surface area (Å²) in [6.07, 6.45) is 8.97. The molecule has 2 heterocycles. The van der Waals surface area contributed by atoms with Crippen molar-refractivity contribution in [2.75, 3.05) is 52.4 Å². The van der Waals surface area contributed by atoms with Gasteiger partial charge in [-0.05, 0) is 120 Å². The Morgan fingerprint density at radius 1 is 1.11 bits per heavy atom. The number of rotatable bonds is 3. The van der Waals surface area contributed by atoms with Crippen LogP contribution in [0.25, 0.3) is 0 Å². The van der Waals surface area contributed by atoms with Gasteiger partial charge in [-0.3, -0.25) is 14.6 Å². The molecule has 5 rings (SSSR count). The maximum Gasteiger partial charge on any atom is 0.264 e. The Morgan fingerprint density at radius 2 is 1.91 bits per heavy atom. The number of hydrogen-bond acceptors (Lipinski definition) is 8. The van der Waals surface area contributed by atoms with Crippen molar-refractivity contribution in [1.82, 2.24) is 14.5 Å². The molecule has 1 saturated carbocycles. The quantitative estimate of drug-likeness (QED) is 0.361. The summed E-state index contributed by atoms with van der Waals surface area (Å²) >= 11 is 6.34. The van der Waals surface area contributed by atoms with Gasteiger partial charge in [0, 0.05) is 24.7 Å². The summed E-state index contributed by atoms with van der Waals surface area (Å²) in [5.41, 5.74) is 1.87. The van der Waals surface area contributed by atoms with Gasteiger partial charge in [-0.25, -0.2) is 13.1 Å². The van der Waals surface area contributed by atoms with Crippen molar-refractivity contribution in [3.05, 3.63) is 64.7 Å². The third-order valence-electron chi connectivity index (χ3n) is 9.58. The fourth-order valence-electron chi connectivity index (χ4n) is 6.24. The molecule has 0 saturated heterocycles. The largest absolute Gasteiger partial charge is 0.487 e. The average Bonchev–Trinajstić information content (AvgIpc) is 3.00. The van der Waals surface area contributed by atoms with E-state index in [1.54, 1.807) is 26.0 Å². The Labute approximate surface area is 273 Å². The van der Waals surface area contributed by atoms with Gasteiger partial charge in [0.2, 0.25) is 0 Å². The van der Waals surface area contributed by atoms with E-state index in [1.807, 2.05) is 55.2 Å². The van der Waals surface area contributed by atoms with Crippen LogP contribution in [0.1, 0.15) is 50.7 Å². The number of amides is 1. The molecule has 9 nitrogen and oxygen atoms in total. The van der Waals surface area contributed by atoms with E-state index in [-0.39, 0.29) is 11.0 Å². The van der Waals surface area contributed by atoms with Gasteiger partial charge >= 0.3 is 0 Å². The minimum Gasteiger partial charge on any atom is -0.487 e. The summed E-state index contributed by atoms with van der Waals surface area (Å²) in [6.45, 7) is 6.26. The molecule has 0 aromatic heterocycles. The number of ether oxygens (including phenoxy) is 2. The first-order chi connectivity index (χ1) is 21.3. The zero-order valence-electron chi connectivity index (χ0n) is 27.1. The maximum atomic E-state index is 13.7. The van der Waals surface area contributed by atoms with Crippen molar-refractivity contribution in [2.24, 2.45) is 11.8 Å². The molecule has 2 bridgehead atoms. The Morgan fingerprint density at radius 3 is 2.64 bits per heavy atom. The fraction of sp³-hybridized carbons (Fsp3) is 0.559. The fourth-order valence-corrected chi connectivity index (χ4v) is 7.56. The molecule has 0 unspecified atom stereocenters. The molecular weight excluding hydrogens is 612 g/mol. The maximum absolute atomic E-state index is 13.7. The molecule has 0 spiro atoms. The number of nitrogens with zero attached hydrogens (tertiary/aromatic N) is 3. The molecule has 0 radical (unpaired) electrons. The second-order valence-corrected chi connectivity index (χ2v) is 15.5. The van der Waals surface area contributed by atoms with Crippen LogP contribution >= 0.6 is 11.6 Å². The van der Waals surface area contributed by atoms with Crippen molar-refractivity contribution in [3.8, 4) is 5.75 Å². The molecule has 1 N–H and O–H groups in total. The summed E-state index contributed by atoms with van der Waals surface area (Å²) in [5, 5.41) is 0.706. The van der Waals surface area contributed by atoms with Crippen LogP contribution in [0.3, 0.4) is 0 Å². The predicted octanol–water partition coefficient (Wildman–Crippen LogP) is 5.08. The number of benzene rings is 2. The van der Waals surface area contributed by atoms with Crippen LogP contribution in [0.15, 0.2) is 53.4 Å². The number of likely N-dealkylation sites (N-methyl/N-ethyl adjacent to an activating group) is 1. The van der Waals surface area contributed by atoms with Gasteiger partial charge in [0.05, 0.1) is 29.0 Å². The van der Waals surface area contributed by atoms with E-state index in [9.17, 15) is 13.2 Å². The molecule has 2 aliphatic heterocycles. The molecule has 3 aliphatic rings. The molecule has 1 fully saturated rings. The summed E-state index contributed by atoms with van der Waals surface area (Å²) in [7, 11) is 1.66. The van der Waals surface area contributed by atoms with Crippen LogP contribution in [0.2, 0.25) is 5.02 Å². The summed E-state index contributed by atoms with van der Waals surface area (Å²) in [4.78, 5) is 19.6. The topological polar surface area (TPSA) is 91.4 Å². The zero-order chi connectivity index (χ0) is 32.4. The average molecular weight is 659 g/mol. The zero-order valence-corrected chi connectivity index (χ0v) is 28.7. The van der Waals surface area contributed by atoms with Gasteiger partial charge in [-0.2, -0.15) is 0 Å². The van der Waals surface area contributed by atoms with E-state index in [4.69, 9.17) is 21.1 Å². The Hall–Kier alpha value is -2.63. The minimum atomic E-state index is -4.15. The highest BCUT2D eigenvalue weighted by Crippen LogP contribution is 2.42. The first kappa shape index (κ1) is 33.7. The third-order valence-corrected chi connectivity index (χ3v) is 11.1. The van der Waals surface area contributed by atoms with E-state index in [0.717, 1.165) is 56.4 Å². The van der Waals surface area contributed by atoms with Crippen LogP contribution in [0.5, 0.6) is 5.75 Å². The van der Waals surface area contributed by atoms with Crippen molar-refractivity contribution in [3.63, 3.8) is 0 Å². The van der Waals surface area contributed by atoms with Crippen molar-refractivity contribution < 1.29 is 22.7 Å². The second-order valence-electron chi connectivity index (χ2n) is 13.4. The number of aryl methyl sites for hydroxylation is 1. The van der Waals surface area contributed by atoms with E-state index < -0.39 is 21.5 Å². The van der Waals surface area contributed by atoms with Crippen LogP contribution < -0.4 is 14.4 Å². The first-order valence-electron chi connectivity index (χ1n) is 15.9. The molecule has 45 heavy (non-hydrogen) atoms. The van der Waals surface area contributed by atoms with Crippen molar-refractivity contribution in [2.45, 2.75) is 69.1 Å². The van der Waals surface area contributed by atoms with Crippen molar-refractivity contribution in [1.29, 1.82) is 0 Å². The third kappa shape index (κ3) is 7.85. The highest BCUT2D eigenvalue weighted by Gasteiger charge is 2.39. The number of carbonyl (C=O) groups excluding carboxylic acids is 1. The molecule has 3 atom stereocenters. The van der Waals surface area contributed by atoms with E-state index >= 15 is 0 Å². The molecule has 1 amide bonds. The van der Waals surface area contributed by atoms with Gasteiger partial charge in [0.25, 0.3) is 15.9 Å². The van der Waals surface area contributed by atoms with Crippen molar-refractivity contribution >= 4 is 33.2 Å². The Bertz CT molecular complexity index is 1510. The highest BCUT2D eigenvalue weighted by molar-refractivity contribution is 7.90. The highest BCUT2D eigenvalue weighted by atomic mass is 35.5. The normalized spacial score (nSPS) is 26.3. The molecule has 2 aromatic carbocycles. The first-order valence-corrected chi connectivity index (χ1v) is 17.7. The summed E-state index contributed by atoms with van der Waals surface area (Å²) < 4.78 is 42.5. The van der Waals surface area contributed by atoms with Gasteiger partial charge in [0.15, 0.2) is 0 Å². The molecule has 246 valence electrons. The lowest BCUT2D eigenvalue weighted by atomic mass is 9.70. The Kier molecular flexibility index (Phi) is 10.5. The number of sulfonamides is 1. The Balaban J connectivity index is 1.56. The number of carbonyl (C=O) groups is 1. The van der Waals surface area contributed by atoms with Crippen LogP contribution in [0.4, 0.5) is 5.69 Å². The SMILES string of the molecule is CN(C)CO[C@H]1/C=C/CN(C)C(C)(C)C(=O)NS(=O)(=O)c2ccc3c(c2)N(CCCCc2cc(Cl)ccc2CO3)C[C@@H]2CC[C@H]21. The van der Waals surface area contributed by atoms with E-state index in [1.165, 1.54) is 11.6 Å². The van der Waals surface area contributed by atoms with Crippen LogP contribution in [0, 0.1) is 11.8 Å². The smallest absolute Gasteiger partial charge is 0.264 e. The van der Waals surface area contributed by atoms with Gasteiger partial charge < -0.3 is 14.4 Å². The van der Waals surface area contributed by atoms with Crippen LogP contribution in [-0.2, 0) is 32.6 Å². The molecule has 11 heteroatoms. The summed E-state index contributed by atoms with van der Waals surface area (Å²) in [5.74, 6) is 0.694. The predicted molar refractivity (Wildman–Crippen MR) is 178 cm³/mol. The standard InChI is InChI=1S/C34H47ClN4O5S/c1-34(2)33(40)36-45(41,42)28-14-16-32-30(20-28)39(18-7-6-9-24-19-27(35)13-11-26(24)22-43-32)21-25-12-15-29(25)31(44-23-37(3)4)10-8-17-38(34)5/h8,10-11,13-14,16,19-20,25,29,31H,6-7,9,12,15,17-18,21-23H2,1-5H3,(H,36,40)/b10-8+/t25-,29+,31-/m0/s1. The number of halogens is 1. The lowest BCUT2D eigenvalue weighted by molar-refractivity contribution is -0.128. The van der Waals surface area contributed by atoms with Gasteiger partial charge in [-0.15, -0.1) is 0 Å². The van der Waals surface area contributed by atoms with E-state index in [2.05, 4.69) is 15.7 Å². The lowest BCUT2D eigenvalue weighted by Crippen LogP contribution is -2.54. The number of fused-ring (bicyclic) bond motifs is 3. The van der Waals surface area contributed by atoms with Gasteiger partial charge in [0.1, 0.15) is 12.4 Å². The monoisotopic (exact) mass is 658 g/mol. The minimum absolute atomic E-state index is 0.0352. The number of anilines is 1. The van der Waals surface area contributed by atoms with E-state index in [0.29, 0.717) is 42.5 Å². The summed E-state index contributed by atoms with van der Waals surface area (Å²) in [6, 6.07) is 10.8. The van der Waals surface area contributed by atoms with Gasteiger partial charge in [-0.1, -0.05) is 29.8 Å². The van der Waals surface area contributed by atoms with Crippen LogP contribution in [-0.4, -0.2) is 83.3 Å².